The molecule has 2 aliphatic heterocycles. The van der Waals surface area contributed by atoms with Gasteiger partial charge in [0, 0.05) is 25.5 Å². The molecule has 106 valence electrons. The molecule has 0 bridgehead atoms. The fourth-order valence-corrected chi connectivity index (χ4v) is 2.67. The topological polar surface area (TPSA) is 61.6 Å². The van der Waals surface area contributed by atoms with E-state index in [0.29, 0.717) is 19.5 Å². The Kier molecular flexibility index (Phi) is 3.42. The first kappa shape index (κ1) is 13.1. The van der Waals surface area contributed by atoms with E-state index in [4.69, 9.17) is 5.73 Å². The predicted molar refractivity (Wildman–Crippen MR) is 72.4 cm³/mol. The van der Waals surface area contributed by atoms with Gasteiger partial charge >= 0.3 is 0 Å². The van der Waals surface area contributed by atoms with E-state index in [2.05, 4.69) is 5.43 Å². The minimum atomic E-state index is -0.255. The maximum Gasteiger partial charge on any atom is 0.250 e. The highest BCUT2D eigenvalue weighted by Crippen LogP contribution is 2.30. The van der Waals surface area contributed by atoms with E-state index in [1.54, 1.807) is 23.2 Å². The van der Waals surface area contributed by atoms with Crippen LogP contribution in [0.3, 0.4) is 0 Å². The fraction of sp³-hybridized carbons (Fsp3) is 0.357. The average molecular weight is 276 g/mol. The van der Waals surface area contributed by atoms with Gasteiger partial charge in [0.15, 0.2) is 0 Å². The van der Waals surface area contributed by atoms with E-state index < -0.39 is 0 Å². The Morgan fingerprint density at radius 2 is 2.05 bits per heavy atom. The van der Waals surface area contributed by atoms with E-state index in [0.717, 1.165) is 5.56 Å². The van der Waals surface area contributed by atoms with Crippen molar-refractivity contribution in [1.82, 2.24) is 15.3 Å². The van der Waals surface area contributed by atoms with Crippen LogP contribution in [0.15, 0.2) is 36.7 Å². The molecule has 0 aliphatic carbocycles. The van der Waals surface area contributed by atoms with Gasteiger partial charge < -0.3 is 15.6 Å². The zero-order chi connectivity index (χ0) is 14.1. The van der Waals surface area contributed by atoms with Gasteiger partial charge in [-0.2, -0.15) is 0 Å². The number of nitrogens with two attached hydrogens (primary N) is 1. The molecule has 6 heteroatoms. The molecule has 2 heterocycles. The highest BCUT2D eigenvalue weighted by atomic mass is 19.1. The predicted octanol–water partition coefficient (Wildman–Crippen LogP) is 0.718. The van der Waals surface area contributed by atoms with Crippen molar-refractivity contribution in [2.24, 2.45) is 5.73 Å². The van der Waals surface area contributed by atoms with Gasteiger partial charge in [0.25, 0.3) is 5.91 Å². The number of halogens is 1. The Morgan fingerprint density at radius 1 is 1.30 bits per heavy atom. The van der Waals surface area contributed by atoms with Gasteiger partial charge in [-0.25, -0.2) is 9.82 Å². The van der Waals surface area contributed by atoms with Crippen molar-refractivity contribution in [2.75, 3.05) is 13.1 Å². The second-order valence-corrected chi connectivity index (χ2v) is 5.01. The van der Waals surface area contributed by atoms with Crippen molar-refractivity contribution >= 4 is 5.91 Å². The maximum absolute atomic E-state index is 13.0. The molecule has 3 rings (SSSR count). The van der Waals surface area contributed by atoms with Gasteiger partial charge in [-0.05, 0) is 24.1 Å². The molecule has 3 N–H and O–H groups in total. The summed E-state index contributed by atoms with van der Waals surface area (Å²) in [7, 11) is 0. The summed E-state index contributed by atoms with van der Waals surface area (Å²) in [6, 6.07) is 6.17. The minimum absolute atomic E-state index is 0.0204. The first-order chi connectivity index (χ1) is 9.69. The third-order valence-electron chi connectivity index (χ3n) is 3.72. The zero-order valence-electron chi connectivity index (χ0n) is 11.0. The van der Waals surface area contributed by atoms with Crippen molar-refractivity contribution < 1.29 is 9.18 Å². The van der Waals surface area contributed by atoms with Crippen molar-refractivity contribution in [1.29, 1.82) is 0 Å². The molecule has 1 fully saturated rings. The number of nitrogens with zero attached hydrogens (tertiary/aromatic N) is 2. The lowest BCUT2D eigenvalue weighted by Crippen LogP contribution is -2.49. The van der Waals surface area contributed by atoms with Crippen LogP contribution in [-0.2, 0) is 4.79 Å². The lowest BCUT2D eigenvalue weighted by atomic mass is 10.0. The lowest BCUT2D eigenvalue weighted by molar-refractivity contribution is -0.134. The molecule has 20 heavy (non-hydrogen) atoms. The van der Waals surface area contributed by atoms with Crippen LogP contribution < -0.4 is 11.2 Å². The molecule has 2 aliphatic rings. The Bertz CT molecular complexity index is 530. The molecule has 2 atom stereocenters. The van der Waals surface area contributed by atoms with Gasteiger partial charge in [0.05, 0.1) is 6.04 Å². The Hall–Kier alpha value is -1.92. The van der Waals surface area contributed by atoms with Crippen molar-refractivity contribution in [3.05, 3.63) is 48.0 Å². The fourth-order valence-electron chi connectivity index (χ4n) is 2.67. The number of amides is 1. The molecule has 0 aromatic heterocycles. The molecule has 2 unspecified atom stereocenters. The number of rotatable bonds is 3. The quantitative estimate of drug-likeness (QED) is 0.854. The Morgan fingerprint density at radius 3 is 2.75 bits per heavy atom. The second kappa shape index (κ2) is 5.22. The first-order valence-corrected chi connectivity index (χ1v) is 6.68. The normalized spacial score (nSPS) is 25.2. The van der Waals surface area contributed by atoms with Crippen LogP contribution in [0.5, 0.6) is 0 Å². The van der Waals surface area contributed by atoms with E-state index in [9.17, 15) is 9.18 Å². The molecule has 0 saturated carbocycles. The largest absolute Gasteiger partial charge is 0.329 e. The van der Waals surface area contributed by atoms with Gasteiger partial charge in [-0.1, -0.05) is 12.1 Å². The van der Waals surface area contributed by atoms with Crippen LogP contribution in [0.4, 0.5) is 4.39 Å². The van der Waals surface area contributed by atoms with Crippen LogP contribution >= 0.6 is 0 Å². The van der Waals surface area contributed by atoms with Crippen molar-refractivity contribution in [3.8, 4) is 0 Å². The molecule has 5 nitrogen and oxygen atoms in total. The number of hydrogen-bond acceptors (Lipinski definition) is 4. The van der Waals surface area contributed by atoms with E-state index >= 15 is 0 Å². The van der Waals surface area contributed by atoms with E-state index in [1.807, 2.05) is 11.2 Å². The van der Waals surface area contributed by atoms with E-state index in [1.165, 1.54) is 12.1 Å². The molecular weight excluding hydrogens is 259 g/mol. The molecule has 0 spiro atoms. The standard InChI is InChI=1S/C14H17FN4O/c15-11-3-1-10(2-4-11)12-9-13-14(20)18(6-5-16)7-8-19(13)17-12/h1-4,7-8,12-13,17H,5-6,9,16H2. The van der Waals surface area contributed by atoms with Crippen LogP contribution in [0, 0.1) is 5.82 Å². The molecular formula is C14H17FN4O. The zero-order valence-corrected chi connectivity index (χ0v) is 11.0. The number of benzene rings is 1. The summed E-state index contributed by atoms with van der Waals surface area (Å²) in [5.74, 6) is -0.204. The van der Waals surface area contributed by atoms with Crippen molar-refractivity contribution in [2.45, 2.75) is 18.5 Å². The lowest BCUT2D eigenvalue weighted by Gasteiger charge is -2.31. The van der Waals surface area contributed by atoms with Crippen LogP contribution in [0.1, 0.15) is 18.0 Å². The summed E-state index contributed by atoms with van der Waals surface area (Å²) in [6.07, 6.45) is 4.26. The number of carbonyl (C=O) groups is 1. The summed E-state index contributed by atoms with van der Waals surface area (Å²) < 4.78 is 13.0. The van der Waals surface area contributed by atoms with Crippen LogP contribution in [0.25, 0.3) is 0 Å². The minimum Gasteiger partial charge on any atom is -0.329 e. The maximum atomic E-state index is 13.0. The Labute approximate surface area is 116 Å². The van der Waals surface area contributed by atoms with Gasteiger partial charge in [0.1, 0.15) is 11.9 Å². The highest BCUT2D eigenvalue weighted by molar-refractivity contribution is 5.84. The molecule has 1 aromatic rings. The number of carbonyl (C=O) groups excluding carboxylic acids is 1. The Balaban J connectivity index is 1.75. The summed E-state index contributed by atoms with van der Waals surface area (Å²) in [6.45, 7) is 0.971. The number of hydrogen-bond donors (Lipinski definition) is 2. The molecule has 1 aromatic carbocycles. The molecule has 1 amide bonds. The summed E-state index contributed by atoms with van der Waals surface area (Å²) >= 11 is 0. The smallest absolute Gasteiger partial charge is 0.250 e. The average Bonchev–Trinajstić information content (AvgIpc) is 2.88. The summed E-state index contributed by atoms with van der Waals surface area (Å²) in [5.41, 5.74) is 9.74. The van der Waals surface area contributed by atoms with Gasteiger partial charge in [0.2, 0.25) is 0 Å². The highest BCUT2D eigenvalue weighted by Gasteiger charge is 2.39. The third-order valence-corrected chi connectivity index (χ3v) is 3.72. The van der Waals surface area contributed by atoms with Crippen LogP contribution in [0.2, 0.25) is 0 Å². The molecule has 0 radical (unpaired) electrons. The monoisotopic (exact) mass is 276 g/mol. The van der Waals surface area contributed by atoms with Crippen LogP contribution in [-0.4, -0.2) is 34.9 Å². The van der Waals surface area contributed by atoms with Gasteiger partial charge in [-0.3, -0.25) is 4.79 Å². The third kappa shape index (κ3) is 2.28. The first-order valence-electron chi connectivity index (χ1n) is 6.68. The number of fused-ring (bicyclic) bond motifs is 1. The van der Waals surface area contributed by atoms with Gasteiger partial charge in [-0.15, -0.1) is 0 Å². The summed E-state index contributed by atoms with van der Waals surface area (Å²) in [5, 5.41) is 1.82. The number of hydrazine groups is 1. The summed E-state index contributed by atoms with van der Waals surface area (Å²) in [4.78, 5) is 14.0. The molecule has 1 saturated heterocycles. The van der Waals surface area contributed by atoms with E-state index in [-0.39, 0.29) is 23.8 Å². The SMILES string of the molecule is NCCN1C=CN2NC(c3ccc(F)cc3)CC2C1=O. The second-order valence-electron chi connectivity index (χ2n) is 5.01. The number of nitrogens with one attached hydrogen (secondary N) is 1. The van der Waals surface area contributed by atoms with Crippen molar-refractivity contribution in [3.63, 3.8) is 0 Å².